The average molecular weight is 264 g/mol. The van der Waals surface area contributed by atoms with E-state index in [0.29, 0.717) is 12.6 Å². The molecular formula is C15H24N2S. The molecule has 0 saturated heterocycles. The smallest absolute Gasteiger partial charge is 0.0539 e. The summed E-state index contributed by atoms with van der Waals surface area (Å²) in [6.45, 7) is 3.93. The first-order valence-corrected chi connectivity index (χ1v) is 7.85. The van der Waals surface area contributed by atoms with Crippen LogP contribution in [0.15, 0.2) is 23.8 Å². The molecule has 0 radical (unpaired) electrons. The zero-order chi connectivity index (χ0) is 12.8. The fraction of sp³-hybridized carbons (Fsp3) is 0.600. The maximum atomic E-state index is 5.88. The highest BCUT2D eigenvalue weighted by atomic mass is 32.1. The highest BCUT2D eigenvalue weighted by Crippen LogP contribution is 2.24. The Labute approximate surface area is 114 Å². The zero-order valence-corrected chi connectivity index (χ0v) is 12.1. The molecule has 1 aliphatic carbocycles. The lowest BCUT2D eigenvalue weighted by molar-refractivity contribution is 0.549. The second-order valence-electron chi connectivity index (χ2n) is 4.90. The van der Waals surface area contributed by atoms with E-state index in [2.05, 4.69) is 30.4 Å². The van der Waals surface area contributed by atoms with Crippen molar-refractivity contribution in [3.63, 3.8) is 0 Å². The van der Waals surface area contributed by atoms with Crippen LogP contribution in [0.3, 0.4) is 0 Å². The summed E-state index contributed by atoms with van der Waals surface area (Å²) in [7, 11) is 0. The molecule has 2 rings (SSSR count). The third kappa shape index (κ3) is 3.67. The van der Waals surface area contributed by atoms with Crippen LogP contribution in [0, 0.1) is 0 Å². The van der Waals surface area contributed by atoms with Gasteiger partial charge in [-0.2, -0.15) is 0 Å². The van der Waals surface area contributed by atoms with Gasteiger partial charge >= 0.3 is 0 Å². The molecule has 1 atom stereocenters. The van der Waals surface area contributed by atoms with Gasteiger partial charge in [-0.25, -0.2) is 0 Å². The van der Waals surface area contributed by atoms with E-state index in [9.17, 15) is 0 Å². The number of nitrogens with one attached hydrogen (secondary N) is 1. The molecule has 1 aromatic rings. The lowest BCUT2D eigenvalue weighted by Gasteiger charge is -2.15. The first-order valence-electron chi connectivity index (χ1n) is 7.03. The minimum Gasteiger partial charge on any atom is -0.329 e. The van der Waals surface area contributed by atoms with E-state index in [1.54, 1.807) is 5.57 Å². The van der Waals surface area contributed by atoms with Crippen LogP contribution in [0.2, 0.25) is 0 Å². The van der Waals surface area contributed by atoms with Crippen LogP contribution in [0.1, 0.15) is 48.4 Å². The van der Waals surface area contributed by atoms with Gasteiger partial charge in [0.25, 0.3) is 0 Å². The predicted octanol–water partition coefficient (Wildman–Crippen LogP) is 3.40. The largest absolute Gasteiger partial charge is 0.329 e. The SMILES string of the molecule is CCc1ccc(C(CN)NCCC2=CCCC2)s1. The van der Waals surface area contributed by atoms with Gasteiger partial charge < -0.3 is 11.1 Å². The minimum atomic E-state index is 0.331. The molecule has 1 heterocycles. The van der Waals surface area contributed by atoms with E-state index >= 15 is 0 Å². The Kier molecular flexibility index (Phi) is 5.42. The molecule has 0 amide bonds. The van der Waals surface area contributed by atoms with Gasteiger partial charge in [0.05, 0.1) is 6.04 Å². The molecule has 18 heavy (non-hydrogen) atoms. The molecule has 3 heteroatoms. The summed E-state index contributed by atoms with van der Waals surface area (Å²) in [5, 5.41) is 3.59. The Hall–Kier alpha value is -0.640. The highest BCUT2D eigenvalue weighted by Gasteiger charge is 2.12. The van der Waals surface area contributed by atoms with E-state index in [1.807, 2.05) is 11.3 Å². The van der Waals surface area contributed by atoms with E-state index < -0.39 is 0 Å². The van der Waals surface area contributed by atoms with Crippen molar-refractivity contribution in [2.24, 2.45) is 5.73 Å². The number of thiophene rings is 1. The molecule has 1 aromatic heterocycles. The number of nitrogens with two attached hydrogens (primary N) is 1. The molecule has 1 aliphatic rings. The average Bonchev–Trinajstić information content (AvgIpc) is 3.05. The number of rotatable bonds is 7. The van der Waals surface area contributed by atoms with Crippen LogP contribution < -0.4 is 11.1 Å². The fourth-order valence-electron chi connectivity index (χ4n) is 2.44. The standard InChI is InChI=1S/C15H24N2S/c1-2-13-7-8-15(18-13)14(11-16)17-10-9-12-5-3-4-6-12/h5,7-8,14,17H,2-4,6,9-11,16H2,1H3. The van der Waals surface area contributed by atoms with E-state index in [1.165, 1.54) is 35.4 Å². The summed E-state index contributed by atoms with van der Waals surface area (Å²) in [6.07, 6.45) is 8.63. The van der Waals surface area contributed by atoms with Crippen molar-refractivity contribution in [1.82, 2.24) is 5.32 Å². The van der Waals surface area contributed by atoms with Gasteiger partial charge in [0.2, 0.25) is 0 Å². The quantitative estimate of drug-likeness (QED) is 0.741. The summed E-state index contributed by atoms with van der Waals surface area (Å²) in [5.41, 5.74) is 7.50. The summed E-state index contributed by atoms with van der Waals surface area (Å²) in [6, 6.07) is 4.78. The Balaban J connectivity index is 1.81. The summed E-state index contributed by atoms with van der Waals surface area (Å²) in [5.74, 6) is 0. The van der Waals surface area contributed by atoms with Crippen molar-refractivity contribution in [1.29, 1.82) is 0 Å². The second kappa shape index (κ2) is 7.07. The molecule has 0 fully saturated rings. The molecule has 0 spiro atoms. The molecule has 0 bridgehead atoms. The van der Waals surface area contributed by atoms with Crippen molar-refractivity contribution < 1.29 is 0 Å². The van der Waals surface area contributed by atoms with Crippen molar-refractivity contribution in [3.8, 4) is 0 Å². The van der Waals surface area contributed by atoms with Crippen LogP contribution >= 0.6 is 11.3 Å². The molecule has 1 unspecified atom stereocenters. The van der Waals surface area contributed by atoms with Gasteiger partial charge in [0.15, 0.2) is 0 Å². The molecule has 100 valence electrons. The van der Waals surface area contributed by atoms with Crippen LogP contribution in [0.5, 0.6) is 0 Å². The fourth-order valence-corrected chi connectivity index (χ4v) is 3.48. The Morgan fingerprint density at radius 2 is 2.33 bits per heavy atom. The lowest BCUT2D eigenvalue weighted by Crippen LogP contribution is -2.28. The predicted molar refractivity (Wildman–Crippen MR) is 80.0 cm³/mol. The Morgan fingerprint density at radius 3 is 2.94 bits per heavy atom. The maximum Gasteiger partial charge on any atom is 0.0539 e. The topological polar surface area (TPSA) is 38.0 Å². The molecule has 0 aromatic carbocycles. The highest BCUT2D eigenvalue weighted by molar-refractivity contribution is 7.12. The van der Waals surface area contributed by atoms with Gasteiger partial charge in [-0.15, -0.1) is 11.3 Å². The molecule has 3 N–H and O–H groups in total. The third-order valence-corrected chi connectivity index (χ3v) is 4.93. The summed E-state index contributed by atoms with van der Waals surface area (Å²) in [4.78, 5) is 2.83. The van der Waals surface area contributed by atoms with Crippen LogP contribution in [-0.4, -0.2) is 13.1 Å². The third-order valence-electron chi connectivity index (χ3n) is 3.58. The van der Waals surface area contributed by atoms with Crippen LogP contribution in [0.25, 0.3) is 0 Å². The second-order valence-corrected chi connectivity index (χ2v) is 6.10. The Bertz CT molecular complexity index is 395. The van der Waals surface area contributed by atoms with Crippen molar-refractivity contribution in [3.05, 3.63) is 33.5 Å². The van der Waals surface area contributed by atoms with Crippen LogP contribution in [-0.2, 0) is 6.42 Å². The molecule has 0 aliphatic heterocycles. The number of aryl methyl sites for hydroxylation is 1. The first-order chi connectivity index (χ1) is 8.83. The normalized spacial score (nSPS) is 16.9. The molecule has 2 nitrogen and oxygen atoms in total. The molecule has 0 saturated carbocycles. The van der Waals surface area contributed by atoms with Gasteiger partial charge in [0.1, 0.15) is 0 Å². The van der Waals surface area contributed by atoms with E-state index in [0.717, 1.165) is 13.0 Å². The first kappa shape index (κ1) is 13.8. The Morgan fingerprint density at radius 1 is 1.44 bits per heavy atom. The number of hydrogen-bond acceptors (Lipinski definition) is 3. The minimum absolute atomic E-state index is 0.331. The summed E-state index contributed by atoms with van der Waals surface area (Å²) < 4.78 is 0. The van der Waals surface area contributed by atoms with Gasteiger partial charge in [-0.05, 0) is 50.8 Å². The van der Waals surface area contributed by atoms with Crippen LogP contribution in [0.4, 0.5) is 0 Å². The van der Waals surface area contributed by atoms with E-state index in [4.69, 9.17) is 5.73 Å². The number of hydrogen-bond donors (Lipinski definition) is 2. The van der Waals surface area contributed by atoms with Crippen molar-refractivity contribution in [2.75, 3.05) is 13.1 Å². The van der Waals surface area contributed by atoms with E-state index in [-0.39, 0.29) is 0 Å². The number of allylic oxidation sites excluding steroid dienone is 1. The van der Waals surface area contributed by atoms with Crippen molar-refractivity contribution >= 4 is 11.3 Å². The van der Waals surface area contributed by atoms with Gasteiger partial charge in [-0.3, -0.25) is 0 Å². The monoisotopic (exact) mass is 264 g/mol. The molecular weight excluding hydrogens is 240 g/mol. The van der Waals surface area contributed by atoms with Gasteiger partial charge in [-0.1, -0.05) is 18.6 Å². The lowest BCUT2D eigenvalue weighted by atomic mass is 10.1. The summed E-state index contributed by atoms with van der Waals surface area (Å²) >= 11 is 1.89. The zero-order valence-electron chi connectivity index (χ0n) is 11.2. The van der Waals surface area contributed by atoms with Crippen molar-refractivity contribution in [2.45, 2.75) is 45.1 Å². The maximum absolute atomic E-state index is 5.88. The van der Waals surface area contributed by atoms with Gasteiger partial charge in [0, 0.05) is 16.3 Å².